The van der Waals surface area contributed by atoms with Crippen LogP contribution in [0, 0.1) is 5.92 Å². The number of hydrogen-bond acceptors (Lipinski definition) is 5. The van der Waals surface area contributed by atoms with E-state index in [-0.39, 0.29) is 5.91 Å². The summed E-state index contributed by atoms with van der Waals surface area (Å²) in [7, 11) is 2.22. The first-order chi connectivity index (χ1) is 13.2. The van der Waals surface area contributed by atoms with Gasteiger partial charge in [-0.3, -0.25) is 4.79 Å². The van der Waals surface area contributed by atoms with Crippen LogP contribution in [-0.4, -0.2) is 60.0 Å². The van der Waals surface area contributed by atoms with Gasteiger partial charge in [0.2, 0.25) is 0 Å². The molecule has 0 radical (unpaired) electrons. The lowest BCUT2D eigenvalue weighted by Gasteiger charge is -2.39. The minimum Gasteiger partial charge on any atom is -0.352 e. The SMILES string of the molecule is CN1C[C@@H]2CC[C@H](C1)N(c1nc(-c3ccccc3)nc3c1CCNC3=O)C2. The molecule has 3 saturated heterocycles. The van der Waals surface area contributed by atoms with Crippen LogP contribution in [0.4, 0.5) is 5.82 Å². The van der Waals surface area contributed by atoms with E-state index in [2.05, 4.69) is 27.1 Å². The van der Waals surface area contributed by atoms with E-state index in [1.807, 2.05) is 30.3 Å². The van der Waals surface area contributed by atoms with Crippen molar-refractivity contribution in [2.75, 3.05) is 38.1 Å². The molecular formula is C21H25N5O. The third-order valence-corrected chi connectivity index (χ3v) is 6.06. The van der Waals surface area contributed by atoms with Crippen LogP contribution < -0.4 is 10.2 Å². The Morgan fingerprint density at radius 3 is 2.78 bits per heavy atom. The number of nitrogens with zero attached hydrogens (tertiary/aromatic N) is 4. The zero-order valence-corrected chi connectivity index (χ0v) is 15.7. The number of benzene rings is 1. The van der Waals surface area contributed by atoms with Gasteiger partial charge in [-0.15, -0.1) is 0 Å². The smallest absolute Gasteiger partial charge is 0.270 e. The van der Waals surface area contributed by atoms with Gasteiger partial charge in [-0.2, -0.15) is 0 Å². The normalized spacial score (nSPS) is 25.1. The first-order valence-corrected chi connectivity index (χ1v) is 9.89. The summed E-state index contributed by atoms with van der Waals surface area (Å²) in [6.45, 7) is 3.89. The quantitative estimate of drug-likeness (QED) is 0.884. The highest BCUT2D eigenvalue weighted by Crippen LogP contribution is 2.35. The zero-order chi connectivity index (χ0) is 18.4. The first-order valence-electron chi connectivity index (χ1n) is 9.89. The van der Waals surface area contributed by atoms with Crippen molar-refractivity contribution in [1.82, 2.24) is 20.2 Å². The highest BCUT2D eigenvalue weighted by atomic mass is 16.1. The highest BCUT2D eigenvalue weighted by molar-refractivity contribution is 5.96. The molecule has 6 rings (SSSR count). The fraction of sp³-hybridized carbons (Fsp3) is 0.476. The van der Waals surface area contributed by atoms with Crippen LogP contribution in [0.3, 0.4) is 0 Å². The maximum absolute atomic E-state index is 12.6. The van der Waals surface area contributed by atoms with Gasteiger partial charge in [0.25, 0.3) is 5.91 Å². The monoisotopic (exact) mass is 363 g/mol. The van der Waals surface area contributed by atoms with E-state index >= 15 is 0 Å². The average Bonchev–Trinajstić information content (AvgIpc) is 2.97. The summed E-state index contributed by atoms with van der Waals surface area (Å²) in [5.41, 5.74) is 2.53. The van der Waals surface area contributed by atoms with Crippen molar-refractivity contribution in [3.05, 3.63) is 41.6 Å². The first kappa shape index (κ1) is 16.7. The van der Waals surface area contributed by atoms with E-state index in [9.17, 15) is 4.79 Å². The van der Waals surface area contributed by atoms with E-state index in [1.54, 1.807) is 0 Å². The molecule has 2 atom stereocenters. The molecule has 1 amide bonds. The molecular weight excluding hydrogens is 338 g/mol. The molecule has 0 spiro atoms. The van der Waals surface area contributed by atoms with Crippen molar-refractivity contribution in [3.63, 3.8) is 0 Å². The number of anilines is 1. The zero-order valence-electron chi connectivity index (χ0n) is 15.7. The van der Waals surface area contributed by atoms with Gasteiger partial charge >= 0.3 is 0 Å². The molecule has 0 saturated carbocycles. The summed E-state index contributed by atoms with van der Waals surface area (Å²) < 4.78 is 0. The van der Waals surface area contributed by atoms with Gasteiger partial charge in [0.05, 0.1) is 0 Å². The number of rotatable bonds is 2. The van der Waals surface area contributed by atoms with Gasteiger partial charge in [-0.25, -0.2) is 9.97 Å². The van der Waals surface area contributed by atoms with Crippen molar-refractivity contribution in [2.24, 2.45) is 5.92 Å². The summed E-state index contributed by atoms with van der Waals surface area (Å²) in [5.74, 6) is 2.22. The minimum atomic E-state index is -0.0748. The molecule has 6 nitrogen and oxygen atoms in total. The number of likely N-dealkylation sites (N-methyl/N-ethyl adjacent to an activating group) is 1. The van der Waals surface area contributed by atoms with Crippen molar-refractivity contribution in [1.29, 1.82) is 0 Å². The summed E-state index contributed by atoms with van der Waals surface area (Å²) in [6, 6.07) is 10.4. The lowest BCUT2D eigenvalue weighted by Crippen LogP contribution is -2.46. The third kappa shape index (κ3) is 2.98. The molecule has 0 aliphatic carbocycles. The Bertz CT molecular complexity index is 868. The minimum absolute atomic E-state index is 0.0748. The van der Waals surface area contributed by atoms with Crippen LogP contribution in [0.2, 0.25) is 0 Å². The van der Waals surface area contributed by atoms with Crippen molar-refractivity contribution in [2.45, 2.75) is 25.3 Å². The van der Waals surface area contributed by atoms with Crippen LogP contribution in [0.15, 0.2) is 30.3 Å². The average molecular weight is 363 g/mol. The van der Waals surface area contributed by atoms with Gasteiger partial charge < -0.3 is 15.1 Å². The number of carbonyl (C=O) groups excluding carboxylic acids is 1. The van der Waals surface area contributed by atoms with E-state index in [0.717, 1.165) is 43.0 Å². The Morgan fingerprint density at radius 2 is 1.93 bits per heavy atom. The standard InChI is InChI=1S/C21H25N5O/c1-25-11-14-7-8-16(13-25)26(12-14)20-17-9-10-22-21(27)18(17)23-19(24-20)15-5-3-2-4-6-15/h2-6,14,16H,7-13H2,1H3,(H,22,27)/t14-,16+/m0/s1. The Labute approximate surface area is 159 Å². The topological polar surface area (TPSA) is 61.4 Å². The van der Waals surface area contributed by atoms with Gasteiger partial charge in [-0.1, -0.05) is 30.3 Å². The summed E-state index contributed by atoms with van der Waals surface area (Å²) in [4.78, 5) is 27.2. The van der Waals surface area contributed by atoms with Gasteiger partial charge in [0, 0.05) is 43.3 Å². The van der Waals surface area contributed by atoms with Gasteiger partial charge in [0.1, 0.15) is 11.5 Å². The van der Waals surface area contributed by atoms with Crippen LogP contribution in [0.25, 0.3) is 11.4 Å². The highest BCUT2D eigenvalue weighted by Gasteiger charge is 2.37. The largest absolute Gasteiger partial charge is 0.352 e. The molecule has 4 aliphatic rings. The molecule has 140 valence electrons. The second kappa shape index (κ2) is 6.60. The summed E-state index contributed by atoms with van der Waals surface area (Å²) in [5, 5.41) is 2.94. The molecule has 4 aliphatic heterocycles. The predicted molar refractivity (Wildman–Crippen MR) is 105 cm³/mol. The second-order valence-electron chi connectivity index (χ2n) is 8.04. The molecule has 2 bridgehead atoms. The molecule has 6 heteroatoms. The van der Waals surface area contributed by atoms with E-state index < -0.39 is 0 Å². The summed E-state index contributed by atoms with van der Waals surface area (Å²) >= 11 is 0. The van der Waals surface area contributed by atoms with Crippen LogP contribution in [-0.2, 0) is 6.42 Å². The Kier molecular flexibility index (Phi) is 4.08. The molecule has 1 aromatic heterocycles. The Morgan fingerprint density at radius 1 is 1.07 bits per heavy atom. The third-order valence-electron chi connectivity index (χ3n) is 6.06. The van der Waals surface area contributed by atoms with Crippen molar-refractivity contribution in [3.8, 4) is 11.4 Å². The maximum atomic E-state index is 12.6. The molecule has 27 heavy (non-hydrogen) atoms. The fourth-order valence-corrected chi connectivity index (χ4v) is 4.80. The van der Waals surface area contributed by atoms with Gasteiger partial charge in [0.15, 0.2) is 5.82 Å². The van der Waals surface area contributed by atoms with E-state index in [1.165, 1.54) is 12.8 Å². The number of amides is 1. The van der Waals surface area contributed by atoms with Crippen LogP contribution in [0.5, 0.6) is 0 Å². The lowest BCUT2D eigenvalue weighted by molar-refractivity contribution is 0.0940. The van der Waals surface area contributed by atoms with E-state index in [0.29, 0.717) is 30.0 Å². The Hall–Kier alpha value is -2.47. The second-order valence-corrected chi connectivity index (χ2v) is 8.04. The van der Waals surface area contributed by atoms with Crippen LogP contribution >= 0.6 is 0 Å². The number of aromatic nitrogens is 2. The van der Waals surface area contributed by atoms with Crippen LogP contribution in [0.1, 0.15) is 28.9 Å². The predicted octanol–water partition coefficient (Wildman–Crippen LogP) is 1.96. The Balaban J connectivity index is 1.65. The van der Waals surface area contributed by atoms with E-state index in [4.69, 9.17) is 4.98 Å². The number of piperidine rings is 1. The molecule has 2 aromatic rings. The number of fused-ring (bicyclic) bond motifs is 5. The fourth-order valence-electron chi connectivity index (χ4n) is 4.80. The number of nitrogens with one attached hydrogen (secondary N) is 1. The molecule has 3 fully saturated rings. The maximum Gasteiger partial charge on any atom is 0.270 e. The molecule has 1 N–H and O–H groups in total. The van der Waals surface area contributed by atoms with Crippen molar-refractivity contribution >= 4 is 11.7 Å². The summed E-state index contributed by atoms with van der Waals surface area (Å²) in [6.07, 6.45) is 3.28. The molecule has 0 unspecified atom stereocenters. The number of carbonyl (C=O) groups is 1. The van der Waals surface area contributed by atoms with Crippen molar-refractivity contribution < 1.29 is 4.79 Å². The number of hydrogen-bond donors (Lipinski definition) is 1. The molecule has 1 aromatic carbocycles. The molecule has 5 heterocycles. The van der Waals surface area contributed by atoms with Gasteiger partial charge in [-0.05, 0) is 32.2 Å². The lowest BCUT2D eigenvalue weighted by atomic mass is 9.94.